The monoisotopic (exact) mass is 333 g/mol. The lowest BCUT2D eigenvalue weighted by molar-refractivity contribution is 0.146. The van der Waals surface area contributed by atoms with Gasteiger partial charge in [0.1, 0.15) is 11.9 Å². The van der Waals surface area contributed by atoms with Gasteiger partial charge in [0.15, 0.2) is 0 Å². The van der Waals surface area contributed by atoms with Gasteiger partial charge in [-0.25, -0.2) is 0 Å². The molecular weight excluding hydrogens is 314 g/mol. The first kappa shape index (κ1) is 15.8. The van der Waals surface area contributed by atoms with E-state index in [1.807, 2.05) is 18.2 Å². The summed E-state index contributed by atoms with van der Waals surface area (Å²) in [6.07, 6.45) is 0.117. The molecule has 0 radical (unpaired) electrons. The van der Waals surface area contributed by atoms with Gasteiger partial charge in [-0.2, -0.15) is 0 Å². The summed E-state index contributed by atoms with van der Waals surface area (Å²) in [6.45, 7) is 9.38. The van der Waals surface area contributed by atoms with E-state index in [9.17, 15) is 0 Å². The summed E-state index contributed by atoms with van der Waals surface area (Å²) in [5, 5.41) is 4.04. The highest BCUT2D eigenvalue weighted by molar-refractivity contribution is 9.10. The summed E-state index contributed by atoms with van der Waals surface area (Å²) >= 11 is 9.55. The van der Waals surface area contributed by atoms with Gasteiger partial charge in [-0.3, -0.25) is 0 Å². The van der Waals surface area contributed by atoms with Crippen molar-refractivity contribution in [1.29, 1.82) is 0 Å². The van der Waals surface area contributed by atoms with Crippen molar-refractivity contribution in [2.45, 2.75) is 39.8 Å². The highest BCUT2D eigenvalue weighted by Gasteiger charge is 2.17. The third-order valence-corrected chi connectivity index (χ3v) is 3.43. The minimum Gasteiger partial charge on any atom is -0.487 e. The van der Waals surface area contributed by atoms with Gasteiger partial charge in [-0.15, -0.1) is 0 Å². The van der Waals surface area contributed by atoms with E-state index >= 15 is 0 Å². The Hall–Kier alpha value is -0.250. The van der Waals surface area contributed by atoms with Crippen LogP contribution in [0.5, 0.6) is 5.75 Å². The zero-order chi connectivity index (χ0) is 13.7. The molecule has 0 saturated heterocycles. The molecule has 0 amide bonds. The van der Waals surface area contributed by atoms with Crippen LogP contribution in [0, 0.1) is 5.92 Å². The van der Waals surface area contributed by atoms with Crippen molar-refractivity contribution in [2.24, 2.45) is 5.92 Å². The van der Waals surface area contributed by atoms with E-state index in [1.165, 1.54) is 0 Å². The molecule has 0 aliphatic heterocycles. The summed E-state index contributed by atoms with van der Waals surface area (Å²) in [5.74, 6) is 1.17. The van der Waals surface area contributed by atoms with Gasteiger partial charge >= 0.3 is 0 Å². The van der Waals surface area contributed by atoms with Gasteiger partial charge in [-0.05, 0) is 24.1 Å². The summed E-state index contributed by atoms with van der Waals surface area (Å²) in [6, 6.07) is 6.14. The Morgan fingerprint density at radius 2 is 1.94 bits per heavy atom. The van der Waals surface area contributed by atoms with Gasteiger partial charge in [0.25, 0.3) is 0 Å². The molecule has 0 heterocycles. The Morgan fingerprint density at radius 3 is 2.44 bits per heavy atom. The summed E-state index contributed by atoms with van der Waals surface area (Å²) in [5.41, 5.74) is 0. The molecule has 102 valence electrons. The molecule has 1 atom stereocenters. The number of rotatable bonds is 6. The molecule has 1 aromatic carbocycles. The maximum absolute atomic E-state index is 6.17. The molecule has 0 aliphatic carbocycles. The topological polar surface area (TPSA) is 21.3 Å². The molecule has 0 spiro atoms. The first-order valence-corrected chi connectivity index (χ1v) is 7.42. The van der Waals surface area contributed by atoms with Gasteiger partial charge in [0, 0.05) is 17.1 Å². The number of halogens is 2. The van der Waals surface area contributed by atoms with Gasteiger partial charge in [0.2, 0.25) is 0 Å². The second kappa shape index (κ2) is 7.37. The first-order valence-electron chi connectivity index (χ1n) is 6.25. The Morgan fingerprint density at radius 1 is 1.28 bits per heavy atom. The Balaban J connectivity index is 2.70. The molecule has 0 aliphatic rings. The quantitative estimate of drug-likeness (QED) is 0.827. The molecule has 0 bridgehead atoms. The van der Waals surface area contributed by atoms with E-state index < -0.39 is 0 Å². The largest absolute Gasteiger partial charge is 0.487 e. The molecular formula is C14H21BrClNO. The van der Waals surface area contributed by atoms with Crippen molar-refractivity contribution >= 4 is 27.5 Å². The molecule has 18 heavy (non-hydrogen) atoms. The molecule has 4 heteroatoms. The van der Waals surface area contributed by atoms with Crippen LogP contribution in [-0.2, 0) is 0 Å². The van der Waals surface area contributed by atoms with Crippen LogP contribution in [0.25, 0.3) is 0 Å². The highest BCUT2D eigenvalue weighted by atomic mass is 79.9. The van der Waals surface area contributed by atoms with Crippen molar-refractivity contribution in [3.05, 3.63) is 27.7 Å². The van der Waals surface area contributed by atoms with Gasteiger partial charge in [-0.1, -0.05) is 55.2 Å². The van der Waals surface area contributed by atoms with E-state index in [-0.39, 0.29) is 6.10 Å². The second-order valence-electron chi connectivity index (χ2n) is 5.04. The third kappa shape index (κ3) is 5.17. The van der Waals surface area contributed by atoms with E-state index in [1.54, 1.807) is 0 Å². The molecule has 0 saturated carbocycles. The lowest BCUT2D eigenvalue weighted by Gasteiger charge is -2.24. The molecule has 1 N–H and O–H groups in total. The zero-order valence-electron chi connectivity index (χ0n) is 11.3. The number of ether oxygens (including phenoxy) is 1. The van der Waals surface area contributed by atoms with Gasteiger partial charge in [0.05, 0.1) is 5.02 Å². The van der Waals surface area contributed by atoms with E-state index in [2.05, 4.69) is 48.9 Å². The van der Waals surface area contributed by atoms with Crippen LogP contribution in [-0.4, -0.2) is 18.7 Å². The molecule has 0 fully saturated rings. The fourth-order valence-corrected chi connectivity index (χ4v) is 2.22. The molecule has 1 unspecified atom stereocenters. The van der Waals surface area contributed by atoms with E-state index in [0.717, 1.165) is 16.8 Å². The van der Waals surface area contributed by atoms with Crippen molar-refractivity contribution in [3.8, 4) is 5.75 Å². The molecule has 0 aromatic heterocycles. The summed E-state index contributed by atoms with van der Waals surface area (Å²) < 4.78 is 6.96. The van der Waals surface area contributed by atoms with Crippen LogP contribution >= 0.6 is 27.5 Å². The normalized spacial score (nSPS) is 13.1. The SMILES string of the molecule is CC(C)NCC(Oc1ccc(Br)cc1Cl)C(C)C. The van der Waals surface area contributed by atoms with Crippen LogP contribution in [0.4, 0.5) is 0 Å². The average Bonchev–Trinajstić information content (AvgIpc) is 2.26. The van der Waals surface area contributed by atoms with Crippen molar-refractivity contribution in [3.63, 3.8) is 0 Å². The Kier molecular flexibility index (Phi) is 6.47. The number of hydrogen-bond acceptors (Lipinski definition) is 2. The Labute approximate surface area is 123 Å². The van der Waals surface area contributed by atoms with E-state index in [0.29, 0.717) is 17.0 Å². The molecule has 2 nitrogen and oxygen atoms in total. The van der Waals surface area contributed by atoms with Crippen LogP contribution < -0.4 is 10.1 Å². The Bertz CT molecular complexity index is 382. The predicted molar refractivity (Wildman–Crippen MR) is 81.5 cm³/mol. The maximum atomic E-state index is 6.17. The smallest absolute Gasteiger partial charge is 0.138 e. The first-order chi connectivity index (χ1) is 8.40. The van der Waals surface area contributed by atoms with Crippen LogP contribution in [0.3, 0.4) is 0 Å². The standard InChI is InChI=1S/C14H21BrClNO/c1-9(2)14(8-17-10(3)4)18-13-6-5-11(15)7-12(13)16/h5-7,9-10,14,17H,8H2,1-4H3. The summed E-state index contributed by atoms with van der Waals surface area (Å²) in [4.78, 5) is 0. The fourth-order valence-electron chi connectivity index (χ4n) is 1.50. The molecule has 1 rings (SSSR count). The number of hydrogen-bond donors (Lipinski definition) is 1. The highest BCUT2D eigenvalue weighted by Crippen LogP contribution is 2.29. The van der Waals surface area contributed by atoms with Crippen molar-refractivity contribution < 1.29 is 4.74 Å². The van der Waals surface area contributed by atoms with Gasteiger partial charge < -0.3 is 10.1 Å². The third-order valence-electron chi connectivity index (χ3n) is 2.64. The van der Waals surface area contributed by atoms with Crippen molar-refractivity contribution in [1.82, 2.24) is 5.32 Å². The average molecular weight is 335 g/mol. The molecule has 1 aromatic rings. The zero-order valence-corrected chi connectivity index (χ0v) is 13.7. The minimum absolute atomic E-state index is 0.117. The predicted octanol–water partition coefficient (Wildman–Crippen LogP) is 4.50. The lowest BCUT2D eigenvalue weighted by Crippen LogP contribution is -2.38. The fraction of sp³-hybridized carbons (Fsp3) is 0.571. The van der Waals surface area contributed by atoms with Crippen LogP contribution in [0.2, 0.25) is 5.02 Å². The lowest BCUT2D eigenvalue weighted by atomic mass is 10.1. The van der Waals surface area contributed by atoms with Crippen LogP contribution in [0.15, 0.2) is 22.7 Å². The second-order valence-corrected chi connectivity index (χ2v) is 6.36. The van der Waals surface area contributed by atoms with E-state index in [4.69, 9.17) is 16.3 Å². The number of benzene rings is 1. The number of nitrogens with one attached hydrogen (secondary N) is 1. The van der Waals surface area contributed by atoms with Crippen LogP contribution in [0.1, 0.15) is 27.7 Å². The summed E-state index contributed by atoms with van der Waals surface area (Å²) in [7, 11) is 0. The van der Waals surface area contributed by atoms with Crippen molar-refractivity contribution in [2.75, 3.05) is 6.54 Å². The maximum Gasteiger partial charge on any atom is 0.138 e. The minimum atomic E-state index is 0.117.